The second kappa shape index (κ2) is 6.81. The number of amides is 1. The Hall–Kier alpha value is -2.74. The molecule has 0 spiro atoms. The number of rotatable bonds is 5. The van der Waals surface area contributed by atoms with Crippen LogP contribution in [0.4, 0.5) is 16.5 Å². The Kier molecular flexibility index (Phi) is 4.84. The maximum absolute atomic E-state index is 11.5. The second-order valence-electron chi connectivity index (χ2n) is 4.56. The van der Waals surface area contributed by atoms with E-state index in [-0.39, 0.29) is 11.6 Å². The van der Waals surface area contributed by atoms with Gasteiger partial charge in [0.15, 0.2) is 5.13 Å². The summed E-state index contributed by atoms with van der Waals surface area (Å²) < 4.78 is 0. The molecule has 7 nitrogen and oxygen atoms in total. The summed E-state index contributed by atoms with van der Waals surface area (Å²) in [6.45, 7) is 0. The summed E-state index contributed by atoms with van der Waals surface area (Å²) in [5, 5.41) is 14.3. The zero-order valence-corrected chi connectivity index (χ0v) is 12.8. The molecule has 0 unspecified atom stereocenters. The Bertz CT molecular complexity index is 707. The van der Waals surface area contributed by atoms with Gasteiger partial charge in [-0.15, -0.1) is 0 Å². The van der Waals surface area contributed by atoms with Gasteiger partial charge in [0.05, 0.1) is 4.92 Å². The van der Waals surface area contributed by atoms with E-state index in [0.29, 0.717) is 10.8 Å². The maximum atomic E-state index is 11.5. The minimum absolute atomic E-state index is 0.0375. The van der Waals surface area contributed by atoms with Crippen LogP contribution < -0.4 is 5.32 Å². The largest absolute Gasteiger partial charge is 0.345 e. The molecule has 1 N–H and O–H groups in total. The predicted octanol–water partition coefficient (Wildman–Crippen LogP) is 2.90. The molecule has 0 saturated heterocycles. The number of likely N-dealkylation sites (N-methyl/N-ethyl adjacent to an activating group) is 1. The third-order valence-corrected chi connectivity index (χ3v) is 3.56. The van der Waals surface area contributed by atoms with E-state index in [1.165, 1.54) is 34.4 Å². The minimum Gasteiger partial charge on any atom is -0.345 e. The molecule has 0 bridgehead atoms. The average Bonchev–Trinajstić information content (AvgIpc) is 2.92. The molecule has 2 aromatic rings. The summed E-state index contributed by atoms with van der Waals surface area (Å²) >= 11 is 1.38. The lowest BCUT2D eigenvalue weighted by molar-refractivity contribution is -0.384. The van der Waals surface area contributed by atoms with E-state index in [4.69, 9.17) is 0 Å². The number of anilines is 2. The topological polar surface area (TPSA) is 88.4 Å². The van der Waals surface area contributed by atoms with Crippen LogP contribution in [-0.4, -0.2) is 34.8 Å². The number of aromatic nitrogens is 1. The lowest BCUT2D eigenvalue weighted by Crippen LogP contribution is -2.18. The van der Waals surface area contributed by atoms with Crippen molar-refractivity contribution in [1.29, 1.82) is 0 Å². The molecule has 1 aromatic carbocycles. The lowest BCUT2D eigenvalue weighted by Gasteiger charge is -2.04. The number of nitro benzene ring substituents is 1. The molecule has 0 aliphatic heterocycles. The first kappa shape index (κ1) is 15.6. The van der Waals surface area contributed by atoms with Crippen molar-refractivity contribution in [1.82, 2.24) is 9.88 Å². The molecule has 0 radical (unpaired) electrons. The van der Waals surface area contributed by atoms with Crippen LogP contribution in [0.3, 0.4) is 0 Å². The van der Waals surface area contributed by atoms with Crippen LogP contribution in [0.1, 0.15) is 4.88 Å². The van der Waals surface area contributed by atoms with Crippen molar-refractivity contribution in [2.45, 2.75) is 0 Å². The summed E-state index contributed by atoms with van der Waals surface area (Å²) in [6, 6.07) is 6.08. The van der Waals surface area contributed by atoms with Crippen molar-refractivity contribution < 1.29 is 9.72 Å². The van der Waals surface area contributed by atoms with Gasteiger partial charge in [-0.1, -0.05) is 11.3 Å². The molecule has 8 heteroatoms. The van der Waals surface area contributed by atoms with Crippen LogP contribution >= 0.6 is 11.3 Å². The zero-order valence-electron chi connectivity index (χ0n) is 12.0. The standard InChI is InChI=1S/C14H14N4O3S/c1-17(2)13(19)8-7-12-9-15-14(22-12)16-10-3-5-11(6-4-10)18(20)21/h3-9H,1-2H3,(H,15,16). The van der Waals surface area contributed by atoms with Crippen molar-refractivity contribution in [2.24, 2.45) is 0 Å². The highest BCUT2D eigenvalue weighted by molar-refractivity contribution is 7.16. The van der Waals surface area contributed by atoms with Crippen LogP contribution in [0.2, 0.25) is 0 Å². The maximum Gasteiger partial charge on any atom is 0.269 e. The molecule has 1 aromatic heterocycles. The third kappa shape index (κ3) is 4.13. The fourth-order valence-electron chi connectivity index (χ4n) is 1.51. The summed E-state index contributed by atoms with van der Waals surface area (Å²) in [4.78, 5) is 28.1. The number of thiazole rings is 1. The number of carbonyl (C=O) groups excluding carboxylic acids is 1. The van der Waals surface area contributed by atoms with Crippen molar-refractivity contribution in [3.8, 4) is 0 Å². The van der Waals surface area contributed by atoms with Gasteiger partial charge in [0.25, 0.3) is 5.69 Å². The number of hydrogen-bond acceptors (Lipinski definition) is 6. The number of nitro groups is 1. The molecule has 114 valence electrons. The quantitative estimate of drug-likeness (QED) is 0.520. The molecule has 22 heavy (non-hydrogen) atoms. The van der Waals surface area contributed by atoms with Crippen LogP contribution in [0.15, 0.2) is 36.5 Å². The van der Waals surface area contributed by atoms with Gasteiger partial charge in [-0.25, -0.2) is 4.98 Å². The fraction of sp³-hybridized carbons (Fsp3) is 0.143. The number of non-ortho nitro benzene ring substituents is 1. The summed E-state index contributed by atoms with van der Waals surface area (Å²) in [7, 11) is 3.36. The van der Waals surface area contributed by atoms with Crippen molar-refractivity contribution in [3.63, 3.8) is 0 Å². The number of nitrogens with one attached hydrogen (secondary N) is 1. The molecule has 1 heterocycles. The Morgan fingerprint density at radius 2 is 2.05 bits per heavy atom. The van der Waals surface area contributed by atoms with E-state index in [1.807, 2.05) is 0 Å². The zero-order chi connectivity index (χ0) is 16.1. The van der Waals surface area contributed by atoms with Gasteiger partial charge < -0.3 is 10.2 Å². The first-order valence-corrected chi connectivity index (χ1v) is 7.14. The molecule has 0 atom stereocenters. The van der Waals surface area contributed by atoms with E-state index in [9.17, 15) is 14.9 Å². The van der Waals surface area contributed by atoms with Crippen LogP contribution in [0.25, 0.3) is 6.08 Å². The van der Waals surface area contributed by atoms with E-state index >= 15 is 0 Å². The minimum atomic E-state index is -0.447. The lowest BCUT2D eigenvalue weighted by atomic mass is 10.3. The Labute approximate surface area is 131 Å². The number of nitrogens with zero attached hydrogens (tertiary/aromatic N) is 3. The molecular formula is C14H14N4O3S. The highest BCUT2D eigenvalue weighted by Gasteiger charge is 2.05. The van der Waals surface area contributed by atoms with Crippen molar-refractivity contribution in [3.05, 3.63) is 51.5 Å². The number of hydrogen-bond donors (Lipinski definition) is 1. The van der Waals surface area contributed by atoms with E-state index in [2.05, 4.69) is 10.3 Å². The van der Waals surface area contributed by atoms with E-state index < -0.39 is 4.92 Å². The molecule has 0 aliphatic carbocycles. The Balaban J connectivity index is 2.02. The summed E-state index contributed by atoms with van der Waals surface area (Å²) in [5.74, 6) is -0.0988. The van der Waals surface area contributed by atoms with Gasteiger partial charge in [-0.2, -0.15) is 0 Å². The van der Waals surface area contributed by atoms with E-state index in [1.54, 1.807) is 38.5 Å². The van der Waals surface area contributed by atoms with Crippen molar-refractivity contribution in [2.75, 3.05) is 19.4 Å². The highest BCUT2D eigenvalue weighted by atomic mass is 32.1. The molecule has 2 rings (SSSR count). The molecule has 1 amide bonds. The van der Waals surface area contributed by atoms with E-state index in [0.717, 1.165) is 4.88 Å². The summed E-state index contributed by atoms with van der Waals surface area (Å²) in [5.41, 5.74) is 0.746. The van der Waals surface area contributed by atoms with Gasteiger partial charge in [-0.05, 0) is 18.2 Å². The van der Waals surface area contributed by atoms with Crippen LogP contribution in [0, 0.1) is 10.1 Å². The molecular weight excluding hydrogens is 304 g/mol. The van der Waals surface area contributed by atoms with Gasteiger partial charge >= 0.3 is 0 Å². The van der Waals surface area contributed by atoms with Gasteiger partial charge in [0, 0.05) is 49.1 Å². The SMILES string of the molecule is CN(C)C(=O)C=Cc1cnc(Nc2ccc([N+](=O)[O-])cc2)s1. The highest BCUT2D eigenvalue weighted by Crippen LogP contribution is 2.24. The smallest absolute Gasteiger partial charge is 0.269 e. The first-order chi connectivity index (χ1) is 10.5. The van der Waals surface area contributed by atoms with Crippen molar-refractivity contribution >= 4 is 39.8 Å². The predicted molar refractivity (Wildman–Crippen MR) is 86.2 cm³/mol. The van der Waals surface area contributed by atoms with Gasteiger partial charge in [0.1, 0.15) is 0 Å². The molecule has 0 aliphatic rings. The first-order valence-electron chi connectivity index (χ1n) is 6.32. The second-order valence-corrected chi connectivity index (χ2v) is 5.62. The summed E-state index contributed by atoms with van der Waals surface area (Å²) in [6.07, 6.45) is 4.82. The number of carbonyl (C=O) groups is 1. The fourth-order valence-corrected chi connectivity index (χ4v) is 2.25. The van der Waals surface area contributed by atoms with Crippen LogP contribution in [-0.2, 0) is 4.79 Å². The van der Waals surface area contributed by atoms with Crippen LogP contribution in [0.5, 0.6) is 0 Å². The number of benzene rings is 1. The van der Waals surface area contributed by atoms with Gasteiger partial charge in [0.2, 0.25) is 5.91 Å². The van der Waals surface area contributed by atoms with Gasteiger partial charge in [-0.3, -0.25) is 14.9 Å². The molecule has 0 fully saturated rings. The Morgan fingerprint density at radius 1 is 1.36 bits per heavy atom. The monoisotopic (exact) mass is 318 g/mol. The Morgan fingerprint density at radius 3 is 2.64 bits per heavy atom. The third-order valence-electron chi connectivity index (χ3n) is 2.68. The average molecular weight is 318 g/mol. The normalized spacial score (nSPS) is 10.6. The molecule has 0 saturated carbocycles.